The minimum atomic E-state index is -0.594. The molecule has 5 N–H and O–H groups in total. The van der Waals surface area contributed by atoms with Gasteiger partial charge in [0.1, 0.15) is 40.3 Å². The van der Waals surface area contributed by atoms with Gasteiger partial charge >= 0.3 is 0 Å². The minimum Gasteiger partial charge on any atom is -0.491 e. The molecule has 0 atom stereocenters. The smallest absolute Gasteiger partial charge is 0.248 e. The second kappa shape index (κ2) is 19.2. The predicted octanol–water partition coefficient (Wildman–Crippen LogP) is 5.26. The lowest BCUT2D eigenvalue weighted by Gasteiger charge is -2.13. The van der Waals surface area contributed by atoms with Crippen molar-refractivity contribution in [1.82, 2.24) is 43.6 Å². The van der Waals surface area contributed by atoms with E-state index in [1.165, 1.54) is 0 Å². The van der Waals surface area contributed by atoms with Gasteiger partial charge in [-0.2, -0.15) is 10.2 Å². The van der Waals surface area contributed by atoms with Crippen molar-refractivity contribution >= 4 is 56.9 Å². The number of hydrogen-bond donors (Lipinski definition) is 3. The Labute approximate surface area is 357 Å². The molecule has 0 saturated heterocycles. The Hall–Kier alpha value is -6.92. The first kappa shape index (κ1) is 43.2. The summed E-state index contributed by atoms with van der Waals surface area (Å²) >= 11 is 0. The number of aldehydes is 1. The van der Waals surface area contributed by atoms with Crippen LogP contribution >= 0.6 is 0 Å². The van der Waals surface area contributed by atoms with E-state index in [0.717, 1.165) is 23.4 Å². The molecule has 62 heavy (non-hydrogen) atoms. The molecule has 7 rings (SSSR count). The van der Waals surface area contributed by atoms with E-state index < -0.39 is 5.91 Å². The maximum Gasteiger partial charge on any atom is 0.248 e. The summed E-state index contributed by atoms with van der Waals surface area (Å²) in [6, 6.07) is 10.5. The number of nitrogens with one attached hydrogen (secondary N) is 1. The van der Waals surface area contributed by atoms with Gasteiger partial charge in [-0.15, -0.1) is 0 Å². The van der Waals surface area contributed by atoms with Crippen molar-refractivity contribution in [3.63, 3.8) is 0 Å². The number of aromatic nitrogens is 9. The fourth-order valence-electron chi connectivity index (χ4n) is 7.50. The molecule has 0 radical (unpaired) electrons. The average Bonchev–Trinajstić information content (AvgIpc) is 4.03. The van der Waals surface area contributed by atoms with E-state index in [4.69, 9.17) is 40.6 Å². The fourth-order valence-corrected chi connectivity index (χ4v) is 7.50. The normalized spacial score (nSPS) is 11.7. The standard InChI is InChI=1S/C44H52N12O6/c1-6-55-34(18-27(3)51-55)36(58)25-48-44-49-33-20-29(26-57)21-37(62-17-11-15-60-5)40(33)54(44)14-9-8-13-53-39-31(22-30(41(46)59)23-38(39)61-16-10-12-45)32-24-47-42(50-43(32)53)35-19-28(4)52-56(35)7-2/h8-9,18-24,26H,6-7,10-17,25,45H2,1-5H3,(H2,46,59)(H,48,49)/b9-8+. The Bertz CT molecular complexity index is 2800. The minimum absolute atomic E-state index is 0.0528. The second-order valence-electron chi connectivity index (χ2n) is 14.7. The van der Waals surface area contributed by atoms with Crippen LogP contribution < -0.4 is 26.3 Å². The number of benzene rings is 2. The van der Waals surface area contributed by atoms with Crippen LogP contribution in [0.1, 0.15) is 69.3 Å². The summed E-state index contributed by atoms with van der Waals surface area (Å²) in [4.78, 5) is 52.9. The van der Waals surface area contributed by atoms with Crippen molar-refractivity contribution in [2.24, 2.45) is 11.5 Å². The number of amides is 1. The molecular formula is C44H52N12O6. The first-order valence-electron chi connectivity index (χ1n) is 20.7. The highest BCUT2D eigenvalue weighted by Gasteiger charge is 2.22. The van der Waals surface area contributed by atoms with E-state index in [1.807, 2.05) is 59.7 Å². The van der Waals surface area contributed by atoms with Crippen LogP contribution in [-0.2, 0) is 30.9 Å². The van der Waals surface area contributed by atoms with Crippen molar-refractivity contribution in [1.29, 1.82) is 0 Å². The zero-order valence-electron chi connectivity index (χ0n) is 35.7. The van der Waals surface area contributed by atoms with Crippen molar-refractivity contribution in [3.8, 4) is 23.0 Å². The van der Waals surface area contributed by atoms with Gasteiger partial charge in [0, 0.05) is 74.4 Å². The van der Waals surface area contributed by atoms with Gasteiger partial charge in [0.05, 0.1) is 42.2 Å². The highest BCUT2D eigenvalue weighted by atomic mass is 16.5. The number of carbonyl (C=O) groups excluding carboxylic acids is 3. The number of nitrogens with zero attached hydrogens (tertiary/aromatic N) is 9. The SMILES string of the molecule is CCn1nc(C)cc1C(=O)CNc1nc2cc(C=O)cc(OCCCOC)c2n1C/C=C/Cn1c2nc(-c3cc(C)nn3CC)ncc2c2cc(C(N)=O)cc(OCCCN)c21. The number of fused-ring (bicyclic) bond motifs is 4. The molecule has 18 heteroatoms. The molecule has 324 valence electrons. The molecule has 0 aliphatic heterocycles. The molecule has 0 bridgehead atoms. The Morgan fingerprint density at radius 2 is 1.53 bits per heavy atom. The summed E-state index contributed by atoms with van der Waals surface area (Å²) in [5.74, 6) is 1.09. The van der Waals surface area contributed by atoms with Crippen LogP contribution in [0.25, 0.3) is 44.5 Å². The molecule has 0 aliphatic rings. The summed E-state index contributed by atoms with van der Waals surface area (Å²) in [6.07, 6.45) is 7.71. The number of ether oxygens (including phenoxy) is 3. The number of imidazole rings is 1. The number of primary amides is 1. The number of Topliss-reactive ketones (excluding diaryl/α,β-unsaturated/α-hetero) is 1. The number of allylic oxidation sites excluding steroid dienone is 2. The van der Waals surface area contributed by atoms with Crippen molar-refractivity contribution in [3.05, 3.63) is 83.0 Å². The topological polar surface area (TPSA) is 227 Å². The highest BCUT2D eigenvalue weighted by molar-refractivity contribution is 6.11. The number of anilines is 1. The molecule has 5 aromatic heterocycles. The summed E-state index contributed by atoms with van der Waals surface area (Å²) in [6.45, 7) is 11.1. The van der Waals surface area contributed by atoms with E-state index in [9.17, 15) is 14.4 Å². The average molecular weight is 845 g/mol. The largest absolute Gasteiger partial charge is 0.491 e. The maximum atomic E-state index is 13.5. The van der Waals surface area contributed by atoms with Crippen LogP contribution in [0.2, 0.25) is 0 Å². The molecule has 0 fully saturated rings. The van der Waals surface area contributed by atoms with E-state index in [1.54, 1.807) is 48.3 Å². The fraction of sp³-hybridized carbons (Fsp3) is 0.364. The van der Waals surface area contributed by atoms with E-state index >= 15 is 0 Å². The van der Waals surface area contributed by atoms with Crippen LogP contribution in [-0.4, -0.2) is 102 Å². The highest BCUT2D eigenvalue weighted by Crippen LogP contribution is 2.37. The molecule has 0 aliphatic carbocycles. The number of ketones is 1. The van der Waals surface area contributed by atoms with Gasteiger partial charge in [-0.1, -0.05) is 12.2 Å². The lowest BCUT2D eigenvalue weighted by Crippen LogP contribution is -2.20. The van der Waals surface area contributed by atoms with Crippen molar-refractivity contribution < 1.29 is 28.6 Å². The molecular weight excluding hydrogens is 793 g/mol. The van der Waals surface area contributed by atoms with Crippen LogP contribution in [0.3, 0.4) is 0 Å². The lowest BCUT2D eigenvalue weighted by atomic mass is 10.1. The summed E-state index contributed by atoms with van der Waals surface area (Å²) in [5.41, 5.74) is 17.7. The van der Waals surface area contributed by atoms with Crippen molar-refractivity contribution in [2.45, 2.75) is 66.7 Å². The van der Waals surface area contributed by atoms with Gasteiger partial charge in [-0.05, 0) is 77.1 Å². The molecule has 7 aromatic rings. The van der Waals surface area contributed by atoms with Gasteiger partial charge < -0.3 is 40.1 Å². The molecule has 2 aromatic carbocycles. The molecule has 0 spiro atoms. The number of carbonyl (C=O) groups is 3. The quantitative estimate of drug-likeness (QED) is 0.0343. The second-order valence-corrected chi connectivity index (χ2v) is 14.7. The first-order valence-corrected chi connectivity index (χ1v) is 20.7. The first-order chi connectivity index (χ1) is 30.1. The van der Waals surface area contributed by atoms with Crippen LogP contribution in [0.15, 0.2) is 54.7 Å². The third-order valence-electron chi connectivity index (χ3n) is 10.3. The number of nitrogens with two attached hydrogens (primary N) is 2. The number of hydrogen-bond acceptors (Lipinski definition) is 13. The number of aryl methyl sites for hydroxylation is 4. The van der Waals surface area contributed by atoms with Crippen molar-refractivity contribution in [2.75, 3.05) is 45.3 Å². The molecule has 1 amide bonds. The Morgan fingerprint density at radius 3 is 2.24 bits per heavy atom. The molecule has 0 saturated carbocycles. The maximum absolute atomic E-state index is 13.5. The third-order valence-corrected chi connectivity index (χ3v) is 10.3. The van der Waals surface area contributed by atoms with E-state index in [0.29, 0.717) is 133 Å². The van der Waals surface area contributed by atoms with Gasteiger partial charge in [0.2, 0.25) is 11.9 Å². The van der Waals surface area contributed by atoms with E-state index in [2.05, 4.69) is 15.5 Å². The van der Waals surface area contributed by atoms with Gasteiger partial charge in [0.25, 0.3) is 0 Å². The predicted molar refractivity (Wildman–Crippen MR) is 236 cm³/mol. The number of methoxy groups -OCH3 is 1. The van der Waals surface area contributed by atoms with Crippen LogP contribution in [0.4, 0.5) is 5.95 Å². The Kier molecular flexibility index (Phi) is 13.4. The third kappa shape index (κ3) is 8.91. The molecule has 18 nitrogen and oxygen atoms in total. The number of rotatable bonds is 22. The van der Waals surface area contributed by atoms with Crippen LogP contribution in [0, 0.1) is 13.8 Å². The van der Waals surface area contributed by atoms with Gasteiger partial charge in [-0.25, -0.2) is 15.0 Å². The zero-order valence-corrected chi connectivity index (χ0v) is 35.7. The summed E-state index contributed by atoms with van der Waals surface area (Å²) < 4.78 is 25.2. The zero-order chi connectivity index (χ0) is 43.9. The molecule has 5 heterocycles. The lowest BCUT2D eigenvalue weighted by molar-refractivity contribution is 0.0989. The van der Waals surface area contributed by atoms with Gasteiger partial charge in [-0.3, -0.25) is 23.7 Å². The van der Waals surface area contributed by atoms with E-state index in [-0.39, 0.29) is 17.9 Å². The monoisotopic (exact) mass is 844 g/mol. The van der Waals surface area contributed by atoms with Gasteiger partial charge in [0.15, 0.2) is 11.6 Å². The Morgan fingerprint density at radius 1 is 0.823 bits per heavy atom. The summed E-state index contributed by atoms with van der Waals surface area (Å²) in [7, 11) is 1.63. The van der Waals surface area contributed by atoms with Crippen LogP contribution in [0.5, 0.6) is 11.5 Å². The summed E-state index contributed by atoms with van der Waals surface area (Å²) in [5, 5.41) is 13.7. The Balaban J connectivity index is 1.31. The molecule has 0 unspecified atom stereocenters.